The molecule has 1 aliphatic heterocycles. The number of aliphatic imine (C=N–C) groups is 1. The van der Waals surface area contributed by atoms with Gasteiger partial charge in [-0.05, 0) is 60.7 Å². The van der Waals surface area contributed by atoms with Gasteiger partial charge < -0.3 is 24.3 Å². The van der Waals surface area contributed by atoms with E-state index in [1.807, 2.05) is 0 Å². The first-order valence-electron chi connectivity index (χ1n) is 9.09. The quantitative estimate of drug-likeness (QED) is 0.374. The Hall–Kier alpha value is -3.17. The summed E-state index contributed by atoms with van der Waals surface area (Å²) in [6.45, 7) is 1.88. The predicted molar refractivity (Wildman–Crippen MR) is 119 cm³/mol. The fourth-order valence-corrected chi connectivity index (χ4v) is 3.59. The molecule has 2 aromatic rings. The maximum absolute atomic E-state index is 12.4. The fourth-order valence-electron chi connectivity index (χ4n) is 2.59. The number of methoxy groups -OCH3 is 2. The number of nitrogens with zero attached hydrogens (tertiary/aromatic N) is 1. The van der Waals surface area contributed by atoms with E-state index in [0.717, 1.165) is 0 Å². The van der Waals surface area contributed by atoms with E-state index < -0.39 is 6.16 Å². The molecule has 0 saturated carbocycles. The molecule has 31 heavy (non-hydrogen) atoms. The second kappa shape index (κ2) is 10.2. The number of carbonyl (C=O) groups is 2. The zero-order valence-electron chi connectivity index (χ0n) is 16.9. The number of thioether (sulfide) groups is 1. The van der Waals surface area contributed by atoms with Crippen molar-refractivity contribution in [3.05, 3.63) is 51.9 Å². The lowest BCUT2D eigenvalue weighted by Crippen LogP contribution is -2.19. The maximum atomic E-state index is 12.4. The van der Waals surface area contributed by atoms with Gasteiger partial charge in [0.1, 0.15) is 11.4 Å². The highest BCUT2D eigenvalue weighted by Crippen LogP contribution is 2.35. The highest BCUT2D eigenvalue weighted by atomic mass is 35.5. The molecule has 1 fully saturated rings. The van der Waals surface area contributed by atoms with Crippen LogP contribution in [-0.2, 0) is 9.53 Å². The standard InChI is InChI=1S/C21H19ClN2O6S/c1-4-29-21(26)30-16-7-5-12(9-17(16)28-3)10-18-19(25)24-20(31-18)23-14-11-13(22)6-8-15(14)27-2/h5-11H,4H2,1-3H3,(H,23,24,25)/b18-10-. The summed E-state index contributed by atoms with van der Waals surface area (Å²) in [5, 5.41) is 3.61. The summed E-state index contributed by atoms with van der Waals surface area (Å²) in [7, 11) is 2.98. The van der Waals surface area contributed by atoms with Crippen LogP contribution in [0.1, 0.15) is 12.5 Å². The van der Waals surface area contributed by atoms with Crippen molar-refractivity contribution in [2.75, 3.05) is 20.8 Å². The topological polar surface area (TPSA) is 95.5 Å². The molecule has 0 spiro atoms. The van der Waals surface area contributed by atoms with Crippen LogP contribution in [0.2, 0.25) is 5.02 Å². The predicted octanol–water partition coefficient (Wildman–Crippen LogP) is 4.78. The van der Waals surface area contributed by atoms with Crippen molar-refractivity contribution >= 4 is 52.4 Å². The Labute approximate surface area is 188 Å². The van der Waals surface area contributed by atoms with Gasteiger partial charge in [-0.15, -0.1) is 0 Å². The van der Waals surface area contributed by atoms with Crippen LogP contribution in [0.3, 0.4) is 0 Å². The van der Waals surface area contributed by atoms with Gasteiger partial charge >= 0.3 is 6.16 Å². The molecule has 0 atom stereocenters. The lowest BCUT2D eigenvalue weighted by atomic mass is 10.2. The molecular formula is C21H19ClN2O6S. The molecule has 1 amide bonds. The first kappa shape index (κ1) is 22.5. The first-order chi connectivity index (χ1) is 14.9. The average Bonchev–Trinajstić information content (AvgIpc) is 3.08. The molecule has 0 aliphatic carbocycles. The van der Waals surface area contributed by atoms with E-state index >= 15 is 0 Å². The summed E-state index contributed by atoms with van der Waals surface area (Å²) >= 11 is 7.21. The molecule has 1 saturated heterocycles. The molecular weight excluding hydrogens is 444 g/mol. The van der Waals surface area contributed by atoms with Gasteiger partial charge in [-0.2, -0.15) is 0 Å². The summed E-state index contributed by atoms with van der Waals surface area (Å²) in [4.78, 5) is 28.8. The third-order valence-corrected chi connectivity index (χ3v) is 5.10. The SMILES string of the molecule is CCOC(=O)Oc1ccc(/C=C2\SC(=Nc3cc(Cl)ccc3OC)NC2=O)cc1OC. The molecule has 0 bridgehead atoms. The van der Waals surface area contributed by atoms with Crippen molar-refractivity contribution in [1.82, 2.24) is 5.32 Å². The van der Waals surface area contributed by atoms with Crippen LogP contribution < -0.4 is 19.5 Å². The second-order valence-electron chi connectivity index (χ2n) is 5.99. The molecule has 0 aromatic heterocycles. The molecule has 0 radical (unpaired) electrons. The Bertz CT molecular complexity index is 1070. The zero-order chi connectivity index (χ0) is 22.4. The lowest BCUT2D eigenvalue weighted by molar-refractivity contribution is -0.115. The third-order valence-electron chi connectivity index (χ3n) is 3.95. The number of ether oxygens (including phenoxy) is 4. The van der Waals surface area contributed by atoms with Crippen LogP contribution in [0.4, 0.5) is 10.5 Å². The highest BCUT2D eigenvalue weighted by Gasteiger charge is 2.24. The van der Waals surface area contributed by atoms with E-state index in [1.54, 1.807) is 49.4 Å². The van der Waals surface area contributed by atoms with E-state index in [9.17, 15) is 9.59 Å². The van der Waals surface area contributed by atoms with Gasteiger partial charge in [-0.25, -0.2) is 9.79 Å². The highest BCUT2D eigenvalue weighted by molar-refractivity contribution is 8.18. The number of hydrogen-bond donors (Lipinski definition) is 1. The minimum absolute atomic E-state index is 0.197. The van der Waals surface area contributed by atoms with Crippen molar-refractivity contribution in [1.29, 1.82) is 0 Å². The van der Waals surface area contributed by atoms with Crippen LogP contribution in [0.15, 0.2) is 46.3 Å². The molecule has 162 valence electrons. The average molecular weight is 463 g/mol. The van der Waals surface area contributed by atoms with Gasteiger partial charge in [0.25, 0.3) is 5.91 Å². The van der Waals surface area contributed by atoms with Crippen LogP contribution in [0, 0.1) is 0 Å². The number of amides is 1. The van der Waals surface area contributed by atoms with E-state index in [1.165, 1.54) is 26.0 Å². The van der Waals surface area contributed by atoms with Gasteiger partial charge in [-0.1, -0.05) is 17.7 Å². The molecule has 10 heteroatoms. The molecule has 2 aromatic carbocycles. The smallest absolute Gasteiger partial charge is 0.494 e. The summed E-state index contributed by atoms with van der Waals surface area (Å²) < 4.78 is 20.4. The van der Waals surface area contributed by atoms with E-state index in [4.69, 9.17) is 30.5 Å². The summed E-state index contributed by atoms with van der Waals surface area (Å²) in [6, 6.07) is 9.93. The fraction of sp³-hybridized carbons (Fsp3) is 0.190. The number of halogens is 1. The van der Waals surface area contributed by atoms with E-state index in [2.05, 4.69) is 10.3 Å². The Morgan fingerprint density at radius 2 is 1.87 bits per heavy atom. The number of benzene rings is 2. The second-order valence-corrected chi connectivity index (χ2v) is 7.46. The lowest BCUT2D eigenvalue weighted by Gasteiger charge is -2.09. The Kier molecular flexibility index (Phi) is 7.43. The van der Waals surface area contributed by atoms with Gasteiger partial charge in [0, 0.05) is 5.02 Å². The number of amidine groups is 1. The van der Waals surface area contributed by atoms with Crippen LogP contribution >= 0.6 is 23.4 Å². The number of hydrogen-bond acceptors (Lipinski definition) is 8. The maximum Gasteiger partial charge on any atom is 0.513 e. The van der Waals surface area contributed by atoms with Crippen LogP contribution in [0.25, 0.3) is 6.08 Å². The largest absolute Gasteiger partial charge is 0.513 e. The monoisotopic (exact) mass is 462 g/mol. The Morgan fingerprint density at radius 1 is 1.13 bits per heavy atom. The molecule has 1 N–H and O–H groups in total. The van der Waals surface area contributed by atoms with Crippen molar-refractivity contribution < 1.29 is 28.5 Å². The summed E-state index contributed by atoms with van der Waals surface area (Å²) in [5.74, 6) is 0.770. The minimum Gasteiger partial charge on any atom is -0.494 e. The molecule has 0 unspecified atom stereocenters. The Morgan fingerprint density at radius 3 is 2.58 bits per heavy atom. The molecule has 8 nitrogen and oxygen atoms in total. The van der Waals surface area contributed by atoms with E-state index in [0.29, 0.717) is 37.8 Å². The summed E-state index contributed by atoms with van der Waals surface area (Å²) in [6.07, 6.45) is 0.851. The van der Waals surface area contributed by atoms with Crippen molar-refractivity contribution in [3.63, 3.8) is 0 Å². The van der Waals surface area contributed by atoms with Crippen LogP contribution in [0.5, 0.6) is 17.2 Å². The van der Waals surface area contributed by atoms with Gasteiger partial charge in [0.15, 0.2) is 16.7 Å². The van der Waals surface area contributed by atoms with Crippen molar-refractivity contribution in [3.8, 4) is 17.2 Å². The van der Waals surface area contributed by atoms with Crippen molar-refractivity contribution in [2.45, 2.75) is 6.92 Å². The first-order valence-corrected chi connectivity index (χ1v) is 10.3. The molecule has 1 heterocycles. The number of rotatable bonds is 6. The minimum atomic E-state index is -0.824. The Balaban J connectivity index is 1.82. The summed E-state index contributed by atoms with van der Waals surface area (Å²) in [5.41, 5.74) is 1.17. The van der Waals surface area contributed by atoms with E-state index in [-0.39, 0.29) is 18.3 Å². The number of nitrogens with one attached hydrogen (secondary N) is 1. The molecule has 3 rings (SSSR count). The van der Waals surface area contributed by atoms with Gasteiger partial charge in [0.05, 0.1) is 25.7 Å². The van der Waals surface area contributed by atoms with Gasteiger partial charge in [-0.3, -0.25) is 4.79 Å². The van der Waals surface area contributed by atoms with Crippen molar-refractivity contribution in [2.24, 2.45) is 4.99 Å². The van der Waals surface area contributed by atoms with Crippen LogP contribution in [-0.4, -0.2) is 38.1 Å². The molecule has 1 aliphatic rings. The van der Waals surface area contributed by atoms with Gasteiger partial charge in [0.2, 0.25) is 0 Å². The normalized spacial score (nSPS) is 15.7. The zero-order valence-corrected chi connectivity index (χ0v) is 18.5. The number of carbonyl (C=O) groups excluding carboxylic acids is 2. The third kappa shape index (κ3) is 5.71.